The van der Waals surface area contributed by atoms with Gasteiger partial charge in [0.1, 0.15) is 5.60 Å². The van der Waals surface area contributed by atoms with Crippen LogP contribution in [-0.2, 0) is 16.0 Å². The number of halogens is 1. The molecule has 21 heavy (non-hydrogen) atoms. The lowest BCUT2D eigenvalue weighted by atomic mass is 9.83. The summed E-state index contributed by atoms with van der Waals surface area (Å²) in [4.78, 5) is 12.1. The number of hydrogen-bond acceptors (Lipinski definition) is 3. The van der Waals surface area contributed by atoms with E-state index in [-0.39, 0.29) is 11.6 Å². The Morgan fingerprint density at radius 2 is 1.90 bits per heavy atom. The first kappa shape index (κ1) is 16.5. The fraction of sp³-hybridized carbons (Fsp3) is 0.588. The van der Waals surface area contributed by atoms with Gasteiger partial charge in [-0.2, -0.15) is 0 Å². The Kier molecular flexibility index (Phi) is 5.82. The summed E-state index contributed by atoms with van der Waals surface area (Å²) in [7, 11) is 0. The van der Waals surface area contributed by atoms with Gasteiger partial charge in [-0.3, -0.25) is 4.79 Å². The first-order valence-corrected chi connectivity index (χ1v) is 8.44. The van der Waals surface area contributed by atoms with Crippen molar-refractivity contribution < 1.29 is 9.53 Å². The largest absolute Gasteiger partial charge is 0.459 e. The third kappa shape index (κ3) is 5.11. The Hall–Kier alpha value is -0.870. The zero-order chi connectivity index (χ0) is 15.3. The Morgan fingerprint density at radius 3 is 2.52 bits per heavy atom. The molecule has 1 N–H and O–H groups in total. The van der Waals surface area contributed by atoms with Gasteiger partial charge in [-0.1, -0.05) is 28.1 Å². The summed E-state index contributed by atoms with van der Waals surface area (Å²) in [6.45, 7) is 6.12. The van der Waals surface area contributed by atoms with Crippen LogP contribution in [0.25, 0.3) is 0 Å². The van der Waals surface area contributed by atoms with Crippen LogP contribution in [0.15, 0.2) is 28.7 Å². The van der Waals surface area contributed by atoms with Gasteiger partial charge in [0.2, 0.25) is 0 Å². The van der Waals surface area contributed by atoms with Gasteiger partial charge in [0, 0.05) is 16.8 Å². The van der Waals surface area contributed by atoms with Crippen LogP contribution in [0.2, 0.25) is 0 Å². The Bertz CT molecular complexity index is 464. The number of carbonyl (C=O) groups is 1. The normalized spacial score (nSPS) is 16.7. The van der Waals surface area contributed by atoms with Gasteiger partial charge in [-0.15, -0.1) is 0 Å². The van der Waals surface area contributed by atoms with Crippen molar-refractivity contribution in [2.45, 2.75) is 45.1 Å². The van der Waals surface area contributed by atoms with Crippen LogP contribution in [-0.4, -0.2) is 24.7 Å². The van der Waals surface area contributed by atoms with Crippen LogP contribution < -0.4 is 5.32 Å². The first-order valence-electron chi connectivity index (χ1n) is 7.64. The highest BCUT2D eigenvalue weighted by Gasteiger charge is 2.33. The van der Waals surface area contributed by atoms with Gasteiger partial charge in [-0.05, 0) is 63.9 Å². The molecule has 1 fully saturated rings. The molecule has 4 heteroatoms. The molecule has 0 aromatic heterocycles. The minimum absolute atomic E-state index is 0.0959. The predicted octanol–water partition coefficient (Wildman–Crippen LogP) is 3.70. The first-order chi connectivity index (χ1) is 9.97. The summed E-state index contributed by atoms with van der Waals surface area (Å²) in [5, 5.41) is 3.35. The van der Waals surface area contributed by atoms with E-state index in [2.05, 4.69) is 21.2 Å². The Balaban J connectivity index is 1.81. The van der Waals surface area contributed by atoms with Crippen LogP contribution >= 0.6 is 15.9 Å². The molecule has 0 atom stereocenters. The molecule has 1 heterocycles. The minimum atomic E-state index is -0.362. The van der Waals surface area contributed by atoms with E-state index in [0.717, 1.165) is 42.4 Å². The number of carbonyl (C=O) groups excluding carboxylic acids is 1. The van der Waals surface area contributed by atoms with Gasteiger partial charge in [0.25, 0.3) is 0 Å². The molecule has 0 aliphatic carbocycles. The molecule has 1 saturated heterocycles. The number of benzene rings is 1. The number of rotatable bonds is 5. The Labute approximate surface area is 135 Å². The molecular formula is C17H24BrNO2. The molecule has 116 valence electrons. The molecule has 0 radical (unpaired) electrons. The van der Waals surface area contributed by atoms with Crippen molar-refractivity contribution in [1.29, 1.82) is 0 Å². The highest BCUT2D eigenvalue weighted by atomic mass is 79.9. The van der Waals surface area contributed by atoms with Crippen LogP contribution in [0.5, 0.6) is 0 Å². The van der Waals surface area contributed by atoms with Crippen LogP contribution in [0.3, 0.4) is 0 Å². The highest BCUT2D eigenvalue weighted by molar-refractivity contribution is 9.10. The topological polar surface area (TPSA) is 38.3 Å². The van der Waals surface area contributed by atoms with Crippen molar-refractivity contribution in [2.24, 2.45) is 5.92 Å². The fourth-order valence-electron chi connectivity index (χ4n) is 2.84. The van der Waals surface area contributed by atoms with Gasteiger partial charge in [0.05, 0.1) is 0 Å². The quantitative estimate of drug-likeness (QED) is 0.820. The van der Waals surface area contributed by atoms with Gasteiger partial charge in [-0.25, -0.2) is 0 Å². The fourth-order valence-corrected chi connectivity index (χ4v) is 3.11. The van der Waals surface area contributed by atoms with Crippen molar-refractivity contribution in [3.05, 3.63) is 34.3 Å². The Morgan fingerprint density at radius 1 is 1.29 bits per heavy atom. The lowest BCUT2D eigenvalue weighted by molar-refractivity contribution is -0.162. The van der Waals surface area contributed by atoms with Crippen LogP contribution in [0.1, 0.15) is 38.7 Å². The zero-order valence-corrected chi connectivity index (χ0v) is 14.4. The molecule has 0 saturated carbocycles. The van der Waals surface area contributed by atoms with Gasteiger partial charge >= 0.3 is 5.97 Å². The van der Waals surface area contributed by atoms with Gasteiger partial charge < -0.3 is 10.1 Å². The predicted molar refractivity (Wildman–Crippen MR) is 88.2 cm³/mol. The second kappa shape index (κ2) is 7.41. The number of piperidine rings is 1. The summed E-state index contributed by atoms with van der Waals surface area (Å²) in [5.41, 5.74) is 0.800. The lowest BCUT2D eigenvalue weighted by Gasteiger charge is -2.36. The van der Waals surface area contributed by atoms with Crippen molar-refractivity contribution in [1.82, 2.24) is 5.32 Å². The number of esters is 1. The molecule has 0 amide bonds. The summed E-state index contributed by atoms with van der Waals surface area (Å²) in [6.07, 6.45) is 3.32. The standard InChI is InChI=1S/C17H24BrNO2/c1-17(2,14-9-11-19-12-10-14)21-16(20)8-5-13-3-6-15(18)7-4-13/h3-4,6-7,14,19H,5,8-12H2,1-2H3. The molecular weight excluding hydrogens is 330 g/mol. The number of ether oxygens (including phenoxy) is 1. The van der Waals surface area contributed by atoms with E-state index in [1.165, 1.54) is 0 Å². The molecule has 3 nitrogen and oxygen atoms in total. The maximum atomic E-state index is 12.1. The molecule has 0 spiro atoms. The van der Waals surface area contributed by atoms with E-state index in [4.69, 9.17) is 4.74 Å². The molecule has 1 aromatic carbocycles. The van der Waals surface area contributed by atoms with E-state index >= 15 is 0 Å². The second-order valence-corrected chi connectivity index (χ2v) is 7.14. The molecule has 0 bridgehead atoms. The van der Waals surface area contributed by atoms with E-state index < -0.39 is 0 Å². The molecule has 1 aliphatic heterocycles. The van der Waals surface area contributed by atoms with Crippen molar-refractivity contribution in [3.63, 3.8) is 0 Å². The van der Waals surface area contributed by atoms with Crippen molar-refractivity contribution in [3.8, 4) is 0 Å². The number of aryl methyl sites for hydroxylation is 1. The van der Waals surface area contributed by atoms with Crippen molar-refractivity contribution in [2.75, 3.05) is 13.1 Å². The maximum absolute atomic E-state index is 12.1. The number of nitrogens with one attached hydrogen (secondary N) is 1. The van der Waals surface area contributed by atoms with Gasteiger partial charge in [0.15, 0.2) is 0 Å². The second-order valence-electron chi connectivity index (χ2n) is 6.23. The average molecular weight is 354 g/mol. The third-order valence-corrected chi connectivity index (χ3v) is 4.76. The highest BCUT2D eigenvalue weighted by Crippen LogP contribution is 2.29. The van der Waals surface area contributed by atoms with E-state index in [1.807, 2.05) is 38.1 Å². The smallest absolute Gasteiger partial charge is 0.306 e. The van der Waals surface area contributed by atoms with E-state index in [9.17, 15) is 4.79 Å². The third-order valence-electron chi connectivity index (χ3n) is 4.23. The maximum Gasteiger partial charge on any atom is 0.306 e. The van der Waals surface area contributed by atoms with Crippen LogP contribution in [0.4, 0.5) is 0 Å². The molecule has 1 aliphatic rings. The number of hydrogen-bond donors (Lipinski definition) is 1. The molecule has 2 rings (SSSR count). The minimum Gasteiger partial charge on any atom is -0.459 e. The summed E-state index contributed by atoms with van der Waals surface area (Å²) >= 11 is 3.41. The zero-order valence-electron chi connectivity index (χ0n) is 12.8. The van der Waals surface area contributed by atoms with E-state index in [1.54, 1.807) is 0 Å². The summed E-state index contributed by atoms with van der Waals surface area (Å²) < 4.78 is 6.80. The van der Waals surface area contributed by atoms with Crippen LogP contribution in [0, 0.1) is 5.92 Å². The summed E-state index contributed by atoms with van der Waals surface area (Å²) in [6, 6.07) is 8.07. The summed E-state index contributed by atoms with van der Waals surface area (Å²) in [5.74, 6) is 0.358. The lowest BCUT2D eigenvalue weighted by Crippen LogP contribution is -2.42. The van der Waals surface area contributed by atoms with Crippen molar-refractivity contribution >= 4 is 21.9 Å². The monoisotopic (exact) mass is 353 g/mol. The average Bonchev–Trinajstić information content (AvgIpc) is 2.47. The molecule has 1 aromatic rings. The van der Waals surface area contributed by atoms with E-state index in [0.29, 0.717) is 12.3 Å². The SMILES string of the molecule is CC(C)(OC(=O)CCc1ccc(Br)cc1)C1CCNCC1. The molecule has 0 unspecified atom stereocenters.